The lowest BCUT2D eigenvalue weighted by atomic mass is 10.1. The summed E-state index contributed by atoms with van der Waals surface area (Å²) >= 11 is 3.42. The number of rotatable bonds is 3. The molecule has 124 valence electrons. The van der Waals surface area contributed by atoms with Crippen LogP contribution in [0.3, 0.4) is 0 Å². The Hall–Kier alpha value is -3.00. The maximum absolute atomic E-state index is 11.6. The van der Waals surface area contributed by atoms with Crippen molar-refractivity contribution >= 4 is 32.9 Å². The second kappa shape index (κ2) is 5.82. The molecule has 4 rings (SSSR count). The van der Waals surface area contributed by atoms with Gasteiger partial charge in [0.1, 0.15) is 0 Å². The van der Waals surface area contributed by atoms with Crippen molar-refractivity contribution in [3.63, 3.8) is 0 Å². The fourth-order valence-electron chi connectivity index (χ4n) is 2.66. The van der Waals surface area contributed by atoms with Crippen LogP contribution in [-0.2, 0) is 7.05 Å². The van der Waals surface area contributed by atoms with Gasteiger partial charge in [-0.3, -0.25) is 4.68 Å². The van der Waals surface area contributed by atoms with Crippen LogP contribution in [0.15, 0.2) is 53.3 Å². The van der Waals surface area contributed by atoms with Gasteiger partial charge in [-0.25, -0.2) is 14.5 Å². The molecule has 0 fully saturated rings. The van der Waals surface area contributed by atoms with Gasteiger partial charge in [-0.15, -0.1) is 0 Å². The lowest BCUT2D eigenvalue weighted by Gasteiger charge is -2.03. The Balaban J connectivity index is 1.96. The van der Waals surface area contributed by atoms with Gasteiger partial charge < -0.3 is 5.11 Å². The van der Waals surface area contributed by atoms with E-state index in [1.54, 1.807) is 16.9 Å². The summed E-state index contributed by atoms with van der Waals surface area (Å²) < 4.78 is 4.09. The Labute approximate surface area is 150 Å². The molecule has 8 heteroatoms. The van der Waals surface area contributed by atoms with Crippen molar-refractivity contribution in [2.24, 2.45) is 7.05 Å². The van der Waals surface area contributed by atoms with Crippen LogP contribution in [0.5, 0.6) is 0 Å². The molecule has 0 unspecified atom stereocenters. The fraction of sp³-hybridized carbons (Fsp3) is 0.0588. The highest BCUT2D eigenvalue weighted by atomic mass is 79.9. The molecule has 0 radical (unpaired) electrons. The summed E-state index contributed by atoms with van der Waals surface area (Å²) in [7, 11) is 1.82. The number of hydrogen-bond acceptors (Lipinski definition) is 4. The summed E-state index contributed by atoms with van der Waals surface area (Å²) in [6.07, 6.45) is 3.50. The molecule has 1 N–H and O–H groups in total. The Kier molecular flexibility index (Phi) is 3.61. The Bertz CT molecular complexity index is 1120. The number of carboxylic acids is 1. The molecule has 3 aromatic heterocycles. The van der Waals surface area contributed by atoms with Crippen LogP contribution < -0.4 is 0 Å². The standard InChI is InChI=1S/C17H12BrN5O2/c1-22-6-5-14(20-22)10-7-13-15(17(24)25)21-23(16(13)19-9-10)12-4-2-3-11(18)8-12/h2-9H,1H3,(H,24,25). The number of carboxylic acid groups (broad SMARTS) is 1. The van der Waals surface area contributed by atoms with E-state index in [2.05, 4.69) is 31.1 Å². The topological polar surface area (TPSA) is 85.8 Å². The van der Waals surface area contributed by atoms with Crippen molar-refractivity contribution in [3.8, 4) is 16.9 Å². The molecular weight excluding hydrogens is 386 g/mol. The van der Waals surface area contributed by atoms with Gasteiger partial charge in [0.05, 0.1) is 16.8 Å². The highest BCUT2D eigenvalue weighted by Crippen LogP contribution is 2.26. The molecule has 4 aromatic rings. The van der Waals surface area contributed by atoms with E-state index in [-0.39, 0.29) is 5.69 Å². The summed E-state index contributed by atoms with van der Waals surface area (Å²) in [5.41, 5.74) is 2.63. The van der Waals surface area contributed by atoms with Gasteiger partial charge in [0, 0.05) is 29.5 Å². The monoisotopic (exact) mass is 397 g/mol. The van der Waals surface area contributed by atoms with Gasteiger partial charge >= 0.3 is 5.97 Å². The molecule has 25 heavy (non-hydrogen) atoms. The molecule has 0 aliphatic heterocycles. The van der Waals surface area contributed by atoms with Gasteiger partial charge in [0.25, 0.3) is 0 Å². The van der Waals surface area contributed by atoms with Crippen molar-refractivity contribution in [3.05, 3.63) is 59.0 Å². The number of hydrogen-bond donors (Lipinski definition) is 1. The number of halogens is 1. The van der Waals surface area contributed by atoms with Crippen molar-refractivity contribution in [2.75, 3.05) is 0 Å². The third kappa shape index (κ3) is 2.70. The number of carbonyl (C=O) groups is 1. The molecule has 3 heterocycles. The molecule has 0 amide bonds. The van der Waals surface area contributed by atoms with Crippen LogP contribution in [0.2, 0.25) is 0 Å². The maximum atomic E-state index is 11.6. The summed E-state index contributed by atoms with van der Waals surface area (Å²) in [6, 6.07) is 11.1. The van der Waals surface area contributed by atoms with E-state index in [0.29, 0.717) is 11.0 Å². The van der Waals surface area contributed by atoms with E-state index in [0.717, 1.165) is 21.4 Å². The molecule has 0 saturated carbocycles. The van der Waals surface area contributed by atoms with E-state index >= 15 is 0 Å². The third-order valence-electron chi connectivity index (χ3n) is 3.79. The van der Waals surface area contributed by atoms with E-state index in [1.807, 2.05) is 43.6 Å². The van der Waals surface area contributed by atoms with Crippen molar-refractivity contribution in [1.29, 1.82) is 0 Å². The quantitative estimate of drug-likeness (QED) is 0.573. The first-order chi connectivity index (χ1) is 12.0. The molecule has 0 atom stereocenters. The number of aromatic carboxylic acids is 1. The zero-order valence-corrected chi connectivity index (χ0v) is 14.7. The normalized spacial score (nSPS) is 11.1. The average molecular weight is 398 g/mol. The summed E-state index contributed by atoms with van der Waals surface area (Å²) in [4.78, 5) is 16.1. The van der Waals surface area contributed by atoms with E-state index < -0.39 is 5.97 Å². The lowest BCUT2D eigenvalue weighted by molar-refractivity contribution is 0.0692. The molecule has 0 aliphatic carbocycles. The number of aryl methyl sites for hydroxylation is 1. The third-order valence-corrected chi connectivity index (χ3v) is 4.28. The first-order valence-corrected chi connectivity index (χ1v) is 8.20. The summed E-state index contributed by atoms with van der Waals surface area (Å²) in [6.45, 7) is 0. The first kappa shape index (κ1) is 15.5. The molecule has 0 spiro atoms. The van der Waals surface area contributed by atoms with Crippen LogP contribution in [0, 0.1) is 0 Å². The van der Waals surface area contributed by atoms with Crippen molar-refractivity contribution in [2.45, 2.75) is 0 Å². The number of fused-ring (bicyclic) bond motifs is 1. The molecule has 0 aliphatic rings. The van der Waals surface area contributed by atoms with E-state index in [4.69, 9.17) is 0 Å². The van der Waals surface area contributed by atoms with Gasteiger partial charge in [-0.05, 0) is 30.3 Å². The minimum Gasteiger partial charge on any atom is -0.476 e. The minimum atomic E-state index is -1.10. The van der Waals surface area contributed by atoms with Crippen LogP contribution in [0.25, 0.3) is 28.0 Å². The molecule has 0 saturated heterocycles. The predicted molar refractivity (Wildman–Crippen MR) is 95.7 cm³/mol. The predicted octanol–water partition coefficient (Wildman–Crippen LogP) is 3.28. The van der Waals surface area contributed by atoms with E-state index in [9.17, 15) is 9.90 Å². The highest BCUT2D eigenvalue weighted by molar-refractivity contribution is 9.10. The molecule has 7 nitrogen and oxygen atoms in total. The van der Waals surface area contributed by atoms with Gasteiger partial charge in [0.2, 0.25) is 0 Å². The van der Waals surface area contributed by atoms with Crippen molar-refractivity contribution < 1.29 is 9.90 Å². The summed E-state index contributed by atoms with van der Waals surface area (Å²) in [5.74, 6) is -1.10. The number of aromatic nitrogens is 5. The smallest absolute Gasteiger partial charge is 0.357 e. The fourth-order valence-corrected chi connectivity index (χ4v) is 3.04. The highest BCUT2D eigenvalue weighted by Gasteiger charge is 2.19. The van der Waals surface area contributed by atoms with E-state index in [1.165, 1.54) is 4.68 Å². The first-order valence-electron chi connectivity index (χ1n) is 7.41. The van der Waals surface area contributed by atoms with Gasteiger partial charge in [-0.1, -0.05) is 22.0 Å². The summed E-state index contributed by atoms with van der Waals surface area (Å²) in [5, 5.41) is 18.6. The Morgan fingerprint density at radius 2 is 2.04 bits per heavy atom. The molecule has 0 bridgehead atoms. The van der Waals surface area contributed by atoms with Crippen LogP contribution in [0.4, 0.5) is 0 Å². The number of nitrogens with zero attached hydrogens (tertiary/aromatic N) is 5. The average Bonchev–Trinajstić information content (AvgIpc) is 3.18. The van der Waals surface area contributed by atoms with Gasteiger partial charge in [-0.2, -0.15) is 10.2 Å². The van der Waals surface area contributed by atoms with Crippen LogP contribution in [-0.4, -0.2) is 35.6 Å². The second-order valence-corrected chi connectivity index (χ2v) is 6.43. The zero-order chi connectivity index (χ0) is 17.6. The Morgan fingerprint density at radius 3 is 2.72 bits per heavy atom. The zero-order valence-electron chi connectivity index (χ0n) is 13.1. The van der Waals surface area contributed by atoms with Crippen LogP contribution in [0.1, 0.15) is 10.5 Å². The maximum Gasteiger partial charge on any atom is 0.357 e. The minimum absolute atomic E-state index is 0.0414. The van der Waals surface area contributed by atoms with Crippen molar-refractivity contribution in [1.82, 2.24) is 24.5 Å². The number of pyridine rings is 1. The largest absolute Gasteiger partial charge is 0.476 e. The number of benzene rings is 1. The van der Waals surface area contributed by atoms with Crippen LogP contribution >= 0.6 is 15.9 Å². The van der Waals surface area contributed by atoms with Gasteiger partial charge in [0.15, 0.2) is 11.3 Å². The molecular formula is C17H12BrN5O2. The lowest BCUT2D eigenvalue weighted by Crippen LogP contribution is -2.01. The Morgan fingerprint density at radius 1 is 1.20 bits per heavy atom. The molecule has 1 aromatic carbocycles. The second-order valence-electron chi connectivity index (χ2n) is 5.52. The SMILES string of the molecule is Cn1ccc(-c2cnc3c(c2)c(C(=O)O)nn3-c2cccc(Br)c2)n1.